The summed E-state index contributed by atoms with van der Waals surface area (Å²) in [5.74, 6) is -0.371. The first-order chi connectivity index (χ1) is 9.56. The van der Waals surface area contributed by atoms with Crippen LogP contribution in [0, 0.1) is 5.92 Å². The SMILES string of the molecule is CC(C)C[C@@H](NCc1ccc2c(c1)CCCC2)C(=O)O. The van der Waals surface area contributed by atoms with Gasteiger partial charge in [-0.2, -0.15) is 0 Å². The number of fused-ring (bicyclic) bond motifs is 1. The number of carboxylic acids is 1. The highest BCUT2D eigenvalue weighted by atomic mass is 16.4. The molecule has 1 aromatic rings. The van der Waals surface area contributed by atoms with E-state index in [-0.39, 0.29) is 0 Å². The summed E-state index contributed by atoms with van der Waals surface area (Å²) in [6.07, 6.45) is 5.58. The Morgan fingerprint density at radius 2 is 1.95 bits per heavy atom. The van der Waals surface area contributed by atoms with Crippen LogP contribution in [0.1, 0.15) is 49.8 Å². The van der Waals surface area contributed by atoms with Crippen molar-refractivity contribution in [2.45, 2.75) is 58.5 Å². The van der Waals surface area contributed by atoms with Crippen molar-refractivity contribution in [3.8, 4) is 0 Å². The van der Waals surface area contributed by atoms with Crippen molar-refractivity contribution in [3.05, 3.63) is 34.9 Å². The molecule has 0 aromatic heterocycles. The third kappa shape index (κ3) is 4.07. The Bertz CT molecular complexity index is 468. The summed E-state index contributed by atoms with van der Waals surface area (Å²) in [4.78, 5) is 11.2. The van der Waals surface area contributed by atoms with Crippen molar-refractivity contribution in [2.75, 3.05) is 0 Å². The zero-order valence-electron chi connectivity index (χ0n) is 12.5. The highest BCUT2D eigenvalue weighted by Gasteiger charge is 2.18. The number of rotatable bonds is 6. The Morgan fingerprint density at radius 3 is 2.60 bits per heavy atom. The molecule has 110 valence electrons. The van der Waals surface area contributed by atoms with E-state index in [1.807, 2.05) is 0 Å². The van der Waals surface area contributed by atoms with Gasteiger partial charge in [0.15, 0.2) is 0 Å². The standard InChI is InChI=1S/C17H25NO2/c1-12(2)9-16(17(19)20)18-11-13-7-8-14-5-3-4-6-15(14)10-13/h7-8,10,12,16,18H,3-6,9,11H2,1-2H3,(H,19,20)/t16-/m1/s1. The van der Waals surface area contributed by atoms with Crippen molar-refractivity contribution in [3.63, 3.8) is 0 Å². The molecule has 0 amide bonds. The van der Waals surface area contributed by atoms with Gasteiger partial charge in [0.05, 0.1) is 0 Å². The number of hydrogen-bond donors (Lipinski definition) is 2. The fraction of sp³-hybridized carbons (Fsp3) is 0.588. The minimum atomic E-state index is -0.753. The number of carboxylic acid groups (broad SMARTS) is 1. The Balaban J connectivity index is 1.97. The number of nitrogens with one attached hydrogen (secondary N) is 1. The van der Waals surface area contributed by atoms with Crippen LogP contribution in [0.5, 0.6) is 0 Å². The van der Waals surface area contributed by atoms with Crippen LogP contribution in [0.2, 0.25) is 0 Å². The van der Waals surface area contributed by atoms with Gasteiger partial charge in [0.1, 0.15) is 6.04 Å². The first-order valence-corrected chi connectivity index (χ1v) is 7.63. The predicted molar refractivity (Wildman–Crippen MR) is 80.8 cm³/mol. The van der Waals surface area contributed by atoms with Gasteiger partial charge in [-0.15, -0.1) is 0 Å². The molecule has 0 aliphatic heterocycles. The highest BCUT2D eigenvalue weighted by Crippen LogP contribution is 2.22. The second-order valence-electron chi connectivity index (χ2n) is 6.21. The lowest BCUT2D eigenvalue weighted by Crippen LogP contribution is -2.37. The summed E-state index contributed by atoms with van der Waals surface area (Å²) >= 11 is 0. The van der Waals surface area contributed by atoms with Crippen LogP contribution >= 0.6 is 0 Å². The second-order valence-corrected chi connectivity index (χ2v) is 6.21. The van der Waals surface area contributed by atoms with E-state index in [1.54, 1.807) is 0 Å². The van der Waals surface area contributed by atoms with Crippen LogP contribution in [0.4, 0.5) is 0 Å². The molecule has 0 saturated carbocycles. The van der Waals surface area contributed by atoms with Gasteiger partial charge in [0.2, 0.25) is 0 Å². The fourth-order valence-corrected chi connectivity index (χ4v) is 2.88. The lowest BCUT2D eigenvalue weighted by molar-refractivity contribution is -0.140. The van der Waals surface area contributed by atoms with Gasteiger partial charge < -0.3 is 10.4 Å². The summed E-state index contributed by atoms with van der Waals surface area (Å²) in [5.41, 5.74) is 4.11. The molecule has 0 fully saturated rings. The van der Waals surface area contributed by atoms with Crippen LogP contribution in [-0.2, 0) is 24.2 Å². The molecular formula is C17H25NO2. The van der Waals surface area contributed by atoms with E-state index in [4.69, 9.17) is 0 Å². The monoisotopic (exact) mass is 275 g/mol. The molecule has 1 aromatic carbocycles. The third-order valence-corrected chi connectivity index (χ3v) is 3.97. The Morgan fingerprint density at radius 1 is 1.25 bits per heavy atom. The Kier molecular flexibility index (Phi) is 5.18. The third-order valence-electron chi connectivity index (χ3n) is 3.97. The molecule has 3 heteroatoms. The normalized spacial score (nSPS) is 15.9. The number of hydrogen-bond acceptors (Lipinski definition) is 2. The lowest BCUT2D eigenvalue weighted by atomic mass is 9.90. The maximum absolute atomic E-state index is 11.2. The lowest BCUT2D eigenvalue weighted by Gasteiger charge is -2.19. The molecule has 0 unspecified atom stereocenters. The van der Waals surface area contributed by atoms with Gasteiger partial charge in [0.25, 0.3) is 0 Å². The van der Waals surface area contributed by atoms with Crippen LogP contribution in [0.3, 0.4) is 0 Å². The highest BCUT2D eigenvalue weighted by molar-refractivity contribution is 5.73. The molecule has 1 atom stereocenters. The van der Waals surface area contributed by atoms with E-state index in [2.05, 4.69) is 37.4 Å². The van der Waals surface area contributed by atoms with Crippen molar-refractivity contribution >= 4 is 5.97 Å². The molecular weight excluding hydrogens is 250 g/mol. The van der Waals surface area contributed by atoms with Crippen molar-refractivity contribution in [1.82, 2.24) is 5.32 Å². The smallest absolute Gasteiger partial charge is 0.320 e. The summed E-state index contributed by atoms with van der Waals surface area (Å²) in [6, 6.07) is 6.14. The average Bonchev–Trinajstić information content (AvgIpc) is 2.42. The van der Waals surface area contributed by atoms with Gasteiger partial charge in [-0.3, -0.25) is 4.79 Å². The molecule has 0 radical (unpaired) electrons. The van der Waals surface area contributed by atoms with E-state index in [9.17, 15) is 9.90 Å². The maximum Gasteiger partial charge on any atom is 0.320 e. The minimum absolute atomic E-state index is 0.382. The molecule has 20 heavy (non-hydrogen) atoms. The van der Waals surface area contributed by atoms with E-state index in [0.717, 1.165) is 6.42 Å². The zero-order chi connectivity index (χ0) is 14.5. The Labute approximate surface area is 121 Å². The van der Waals surface area contributed by atoms with Crippen LogP contribution < -0.4 is 5.32 Å². The molecule has 0 bridgehead atoms. The quantitative estimate of drug-likeness (QED) is 0.838. The van der Waals surface area contributed by atoms with Gasteiger partial charge >= 0.3 is 5.97 Å². The maximum atomic E-state index is 11.2. The van der Waals surface area contributed by atoms with Gasteiger partial charge in [-0.05, 0) is 54.7 Å². The van der Waals surface area contributed by atoms with E-state index < -0.39 is 12.0 Å². The molecule has 3 nitrogen and oxygen atoms in total. The first-order valence-electron chi connectivity index (χ1n) is 7.63. The second kappa shape index (κ2) is 6.89. The predicted octanol–water partition coefficient (Wildman–Crippen LogP) is 3.15. The topological polar surface area (TPSA) is 49.3 Å². The first kappa shape index (κ1) is 15.0. The van der Waals surface area contributed by atoms with Gasteiger partial charge in [0, 0.05) is 6.54 Å². The minimum Gasteiger partial charge on any atom is -0.480 e. The molecule has 1 aliphatic rings. The van der Waals surface area contributed by atoms with Crippen molar-refractivity contribution < 1.29 is 9.90 Å². The molecule has 2 rings (SSSR count). The summed E-state index contributed by atoms with van der Waals surface area (Å²) in [6.45, 7) is 4.74. The molecule has 0 heterocycles. The van der Waals surface area contributed by atoms with E-state index in [1.165, 1.54) is 36.0 Å². The number of benzene rings is 1. The van der Waals surface area contributed by atoms with Crippen molar-refractivity contribution in [2.24, 2.45) is 5.92 Å². The number of aliphatic carboxylic acids is 1. The van der Waals surface area contributed by atoms with E-state index in [0.29, 0.717) is 18.9 Å². The van der Waals surface area contributed by atoms with Crippen LogP contribution in [0.25, 0.3) is 0 Å². The number of aryl methyl sites for hydroxylation is 2. The average molecular weight is 275 g/mol. The summed E-state index contributed by atoms with van der Waals surface area (Å²) in [7, 11) is 0. The largest absolute Gasteiger partial charge is 0.480 e. The van der Waals surface area contributed by atoms with Gasteiger partial charge in [-0.25, -0.2) is 0 Å². The van der Waals surface area contributed by atoms with Crippen LogP contribution in [-0.4, -0.2) is 17.1 Å². The zero-order valence-corrected chi connectivity index (χ0v) is 12.5. The molecule has 1 aliphatic carbocycles. The van der Waals surface area contributed by atoms with Crippen molar-refractivity contribution in [1.29, 1.82) is 0 Å². The Hall–Kier alpha value is -1.35. The summed E-state index contributed by atoms with van der Waals surface area (Å²) in [5, 5.41) is 12.4. The van der Waals surface area contributed by atoms with Gasteiger partial charge in [-0.1, -0.05) is 32.0 Å². The molecule has 0 spiro atoms. The number of carbonyl (C=O) groups is 1. The fourth-order valence-electron chi connectivity index (χ4n) is 2.88. The molecule has 0 saturated heterocycles. The van der Waals surface area contributed by atoms with Crippen LogP contribution in [0.15, 0.2) is 18.2 Å². The molecule has 2 N–H and O–H groups in total. The van der Waals surface area contributed by atoms with E-state index >= 15 is 0 Å². The summed E-state index contributed by atoms with van der Waals surface area (Å²) < 4.78 is 0.